The van der Waals surface area contributed by atoms with Crippen molar-refractivity contribution in [2.24, 2.45) is 5.92 Å². The summed E-state index contributed by atoms with van der Waals surface area (Å²) in [6, 6.07) is 5.94. The highest BCUT2D eigenvalue weighted by Gasteiger charge is 2.10. The highest BCUT2D eigenvalue weighted by Crippen LogP contribution is 2.18. The van der Waals surface area contributed by atoms with Crippen molar-refractivity contribution in [1.82, 2.24) is 9.88 Å². The number of pyridine rings is 1. The van der Waals surface area contributed by atoms with Crippen LogP contribution < -0.4 is 5.32 Å². The molecule has 4 nitrogen and oxygen atoms in total. The second-order valence-corrected chi connectivity index (χ2v) is 4.79. The molecule has 0 fully saturated rings. The van der Waals surface area contributed by atoms with E-state index in [9.17, 15) is 0 Å². The zero-order valence-corrected chi connectivity index (χ0v) is 11.8. The minimum Gasteiger partial charge on any atom is -0.370 e. The molecule has 0 amide bonds. The number of hydrogen-bond acceptors (Lipinski definition) is 4. The van der Waals surface area contributed by atoms with Crippen molar-refractivity contribution in [3.8, 4) is 6.07 Å². The van der Waals surface area contributed by atoms with Crippen molar-refractivity contribution >= 4 is 17.4 Å². The molecule has 5 heteroatoms. The van der Waals surface area contributed by atoms with Gasteiger partial charge in [0, 0.05) is 19.6 Å². The Balaban J connectivity index is 2.71. The lowest BCUT2D eigenvalue weighted by atomic mass is 10.2. The molecule has 18 heavy (non-hydrogen) atoms. The molecular weight excluding hydrogens is 248 g/mol. The van der Waals surface area contributed by atoms with Crippen molar-refractivity contribution in [3.63, 3.8) is 0 Å². The minimum absolute atomic E-state index is 0.00530. The van der Waals surface area contributed by atoms with Crippen LogP contribution in [0.15, 0.2) is 12.1 Å². The van der Waals surface area contributed by atoms with Crippen LogP contribution in [0.1, 0.15) is 19.5 Å². The summed E-state index contributed by atoms with van der Waals surface area (Å²) in [4.78, 5) is 6.52. The molecule has 0 aliphatic carbocycles. The van der Waals surface area contributed by atoms with Crippen LogP contribution in [-0.4, -0.2) is 30.0 Å². The lowest BCUT2D eigenvalue weighted by Crippen LogP contribution is -2.24. The van der Waals surface area contributed by atoms with Gasteiger partial charge in [-0.2, -0.15) is 5.26 Å². The molecule has 0 radical (unpaired) electrons. The van der Waals surface area contributed by atoms with Crippen molar-refractivity contribution in [3.05, 3.63) is 22.8 Å². The van der Waals surface area contributed by atoms with Crippen LogP contribution in [0.4, 0.5) is 5.82 Å². The van der Waals surface area contributed by atoms with Crippen LogP contribution in [-0.2, 0) is 6.54 Å². The van der Waals surface area contributed by atoms with Crippen molar-refractivity contribution < 1.29 is 0 Å². The van der Waals surface area contributed by atoms with Crippen molar-refractivity contribution in [1.29, 1.82) is 5.26 Å². The summed E-state index contributed by atoms with van der Waals surface area (Å²) in [5.41, 5.74) is 0.836. The monoisotopic (exact) mass is 266 g/mol. The molecule has 1 unspecified atom stereocenters. The maximum atomic E-state index is 8.79. The summed E-state index contributed by atoms with van der Waals surface area (Å²) >= 11 is 6.13. The van der Waals surface area contributed by atoms with Crippen LogP contribution in [0.5, 0.6) is 0 Å². The molecule has 1 heterocycles. The maximum Gasteiger partial charge on any atom is 0.126 e. The number of rotatable bonds is 6. The van der Waals surface area contributed by atoms with Crippen molar-refractivity contribution in [2.75, 3.05) is 25.5 Å². The molecule has 0 spiro atoms. The summed E-state index contributed by atoms with van der Waals surface area (Å²) in [6.45, 7) is 6.11. The Kier molecular flexibility index (Phi) is 5.90. The lowest BCUT2D eigenvalue weighted by Gasteiger charge is -2.18. The van der Waals surface area contributed by atoms with Gasteiger partial charge in [0.1, 0.15) is 5.82 Å². The van der Waals surface area contributed by atoms with E-state index in [2.05, 4.69) is 21.3 Å². The number of nitrogens with one attached hydrogen (secondary N) is 1. The average molecular weight is 267 g/mol. The van der Waals surface area contributed by atoms with Gasteiger partial charge in [-0.3, -0.25) is 4.90 Å². The second-order valence-electron chi connectivity index (χ2n) is 4.38. The molecular formula is C13H19ClN4. The first-order chi connectivity index (χ1) is 8.56. The first-order valence-corrected chi connectivity index (χ1v) is 6.42. The number of halogens is 1. The van der Waals surface area contributed by atoms with E-state index in [-0.39, 0.29) is 5.92 Å². The fourth-order valence-corrected chi connectivity index (χ4v) is 1.87. The molecule has 0 saturated heterocycles. The van der Waals surface area contributed by atoms with Gasteiger partial charge in [0.25, 0.3) is 0 Å². The van der Waals surface area contributed by atoms with E-state index in [4.69, 9.17) is 16.9 Å². The SMILES string of the molecule is CCNc1ccc(Cl)c(CN(C)CC(C)C#N)n1. The van der Waals surface area contributed by atoms with Crippen molar-refractivity contribution in [2.45, 2.75) is 20.4 Å². The van der Waals surface area contributed by atoms with Gasteiger partial charge in [0.05, 0.1) is 22.7 Å². The summed E-state index contributed by atoms with van der Waals surface area (Å²) < 4.78 is 0. The van der Waals surface area contributed by atoms with Gasteiger partial charge in [-0.05, 0) is 33.0 Å². The summed E-state index contributed by atoms with van der Waals surface area (Å²) in [7, 11) is 1.96. The third kappa shape index (κ3) is 4.52. The predicted molar refractivity (Wildman–Crippen MR) is 74.5 cm³/mol. The second kappa shape index (κ2) is 7.20. The lowest BCUT2D eigenvalue weighted by molar-refractivity contribution is 0.300. The van der Waals surface area contributed by atoms with Crippen LogP contribution in [0.2, 0.25) is 5.02 Å². The number of nitriles is 1. The Bertz CT molecular complexity index is 427. The molecule has 98 valence electrons. The van der Waals surface area contributed by atoms with Crippen LogP contribution >= 0.6 is 11.6 Å². The molecule has 0 aromatic carbocycles. The standard InChI is InChI=1S/C13H19ClN4/c1-4-16-13-6-5-11(14)12(17-13)9-18(3)8-10(2)7-15/h5-6,10H,4,8-9H2,1-3H3,(H,16,17). The number of nitrogens with zero attached hydrogens (tertiary/aromatic N) is 3. The molecule has 0 aliphatic rings. The van der Waals surface area contributed by atoms with E-state index < -0.39 is 0 Å². The van der Waals surface area contributed by atoms with Gasteiger partial charge >= 0.3 is 0 Å². The summed E-state index contributed by atoms with van der Waals surface area (Å²) in [5.74, 6) is 0.837. The fraction of sp³-hybridized carbons (Fsp3) is 0.538. The first-order valence-electron chi connectivity index (χ1n) is 6.04. The van der Waals surface area contributed by atoms with Gasteiger partial charge < -0.3 is 5.32 Å². The Morgan fingerprint density at radius 1 is 1.56 bits per heavy atom. The minimum atomic E-state index is 0.00530. The van der Waals surface area contributed by atoms with E-state index in [1.54, 1.807) is 0 Å². The van der Waals surface area contributed by atoms with E-state index in [0.29, 0.717) is 18.1 Å². The number of anilines is 1. The number of hydrogen-bond donors (Lipinski definition) is 1. The zero-order chi connectivity index (χ0) is 13.5. The Labute approximate surface area is 114 Å². The summed E-state index contributed by atoms with van der Waals surface area (Å²) in [6.07, 6.45) is 0. The Morgan fingerprint density at radius 3 is 2.89 bits per heavy atom. The third-order valence-electron chi connectivity index (χ3n) is 2.50. The molecule has 1 N–H and O–H groups in total. The maximum absolute atomic E-state index is 8.79. The van der Waals surface area contributed by atoms with Crippen LogP contribution in [0.25, 0.3) is 0 Å². The van der Waals surface area contributed by atoms with E-state index in [1.165, 1.54) is 0 Å². The largest absolute Gasteiger partial charge is 0.370 e. The molecule has 1 rings (SSSR count). The zero-order valence-electron chi connectivity index (χ0n) is 11.1. The highest BCUT2D eigenvalue weighted by molar-refractivity contribution is 6.31. The van der Waals surface area contributed by atoms with Gasteiger partial charge in [-0.1, -0.05) is 11.6 Å². The molecule has 1 atom stereocenters. The first kappa shape index (κ1) is 14.7. The fourth-order valence-electron chi connectivity index (χ4n) is 1.70. The third-order valence-corrected chi connectivity index (χ3v) is 2.85. The van der Waals surface area contributed by atoms with Gasteiger partial charge in [0.15, 0.2) is 0 Å². The van der Waals surface area contributed by atoms with E-state index in [0.717, 1.165) is 18.1 Å². The number of aromatic nitrogens is 1. The Morgan fingerprint density at radius 2 is 2.28 bits per heavy atom. The normalized spacial score (nSPS) is 12.2. The average Bonchev–Trinajstić information content (AvgIpc) is 2.33. The van der Waals surface area contributed by atoms with Crippen LogP contribution in [0.3, 0.4) is 0 Å². The highest BCUT2D eigenvalue weighted by atomic mass is 35.5. The molecule has 1 aromatic rings. The summed E-state index contributed by atoms with van der Waals surface area (Å²) in [5, 5.41) is 12.6. The van der Waals surface area contributed by atoms with E-state index >= 15 is 0 Å². The van der Waals surface area contributed by atoms with Gasteiger partial charge in [0.2, 0.25) is 0 Å². The smallest absolute Gasteiger partial charge is 0.126 e. The molecule has 1 aromatic heterocycles. The predicted octanol–water partition coefficient (Wildman–Crippen LogP) is 2.76. The topological polar surface area (TPSA) is 52.0 Å². The Hall–Kier alpha value is -1.31. The quantitative estimate of drug-likeness (QED) is 0.860. The molecule has 0 bridgehead atoms. The van der Waals surface area contributed by atoms with E-state index in [1.807, 2.05) is 33.0 Å². The van der Waals surface area contributed by atoms with Gasteiger partial charge in [-0.15, -0.1) is 0 Å². The molecule has 0 saturated carbocycles. The van der Waals surface area contributed by atoms with Crippen LogP contribution in [0, 0.1) is 17.2 Å². The van der Waals surface area contributed by atoms with Gasteiger partial charge in [-0.25, -0.2) is 4.98 Å². The molecule has 0 aliphatic heterocycles.